The third-order valence-corrected chi connectivity index (χ3v) is 5.20. The van der Waals surface area contributed by atoms with Crippen molar-refractivity contribution in [3.63, 3.8) is 0 Å². The molecule has 0 aliphatic carbocycles. The Morgan fingerprint density at radius 2 is 1.96 bits per heavy atom. The lowest BCUT2D eigenvalue weighted by Gasteiger charge is -2.23. The van der Waals surface area contributed by atoms with Gasteiger partial charge >= 0.3 is 0 Å². The number of hydrogen-bond acceptors (Lipinski definition) is 4. The summed E-state index contributed by atoms with van der Waals surface area (Å²) in [6, 6.07) is 5.40. The van der Waals surface area contributed by atoms with Crippen LogP contribution in [0, 0.1) is 0 Å². The van der Waals surface area contributed by atoms with E-state index in [2.05, 4.69) is 26.8 Å². The topological polar surface area (TPSA) is 80.5 Å². The summed E-state index contributed by atoms with van der Waals surface area (Å²) >= 11 is 0. The van der Waals surface area contributed by atoms with Crippen LogP contribution in [0.15, 0.2) is 18.2 Å². The molecule has 0 fully saturated rings. The van der Waals surface area contributed by atoms with Crippen LogP contribution in [0.1, 0.15) is 38.3 Å². The van der Waals surface area contributed by atoms with Crippen molar-refractivity contribution in [1.29, 1.82) is 0 Å². The Labute approximate surface area is 150 Å². The Bertz CT molecular complexity index is 711. The molecule has 1 amide bonds. The van der Waals surface area contributed by atoms with E-state index in [0.717, 1.165) is 23.9 Å². The number of fused-ring (bicyclic) bond motifs is 1. The van der Waals surface area contributed by atoms with E-state index in [1.54, 1.807) is 4.90 Å². The van der Waals surface area contributed by atoms with Gasteiger partial charge in [0.15, 0.2) is 0 Å². The molecule has 0 radical (unpaired) electrons. The average molecular weight is 375 g/mol. The van der Waals surface area contributed by atoms with Gasteiger partial charge in [-0.15, -0.1) is 12.4 Å². The molecule has 1 heterocycles. The summed E-state index contributed by atoms with van der Waals surface area (Å²) in [5.74, 6) is -0.264. The van der Waals surface area contributed by atoms with Gasteiger partial charge < -0.3 is 10.6 Å². The van der Waals surface area contributed by atoms with Gasteiger partial charge in [-0.2, -0.15) is 0 Å². The predicted octanol–water partition coefficient (Wildman–Crippen LogP) is 2.06. The second kappa shape index (κ2) is 7.42. The molecule has 1 aromatic rings. The number of carbonyl (C=O) groups is 1. The first-order valence-electron chi connectivity index (χ1n) is 7.87. The number of sulfone groups is 1. The first kappa shape index (κ1) is 20.9. The van der Waals surface area contributed by atoms with E-state index >= 15 is 0 Å². The summed E-state index contributed by atoms with van der Waals surface area (Å²) < 4.78 is 22.5. The van der Waals surface area contributed by atoms with E-state index in [1.807, 2.05) is 12.1 Å². The molecule has 2 N–H and O–H groups in total. The number of anilines is 1. The predicted molar refractivity (Wildman–Crippen MR) is 101 cm³/mol. The lowest BCUT2D eigenvalue weighted by Crippen LogP contribution is -2.44. The number of rotatable bonds is 4. The molecule has 0 saturated heterocycles. The van der Waals surface area contributed by atoms with E-state index in [-0.39, 0.29) is 35.9 Å². The standard InChI is InChI=1S/C17H26N2O3S.ClH/c1-17(2,3)13-5-6-15-12(11-13)7-9-19(15)16(20)14(18)8-10-23(4,21)22;/h5-6,11,14H,7-10,18H2,1-4H3;1H. The summed E-state index contributed by atoms with van der Waals surface area (Å²) in [6.45, 7) is 7.09. The van der Waals surface area contributed by atoms with E-state index in [1.165, 1.54) is 5.56 Å². The maximum atomic E-state index is 12.5. The first-order valence-corrected chi connectivity index (χ1v) is 9.93. The molecule has 5 nitrogen and oxygen atoms in total. The normalized spacial score (nSPS) is 15.6. The van der Waals surface area contributed by atoms with Gasteiger partial charge in [-0.1, -0.05) is 32.9 Å². The highest BCUT2D eigenvalue weighted by atomic mass is 35.5. The number of benzene rings is 1. The number of nitrogens with zero attached hydrogens (tertiary/aromatic N) is 1. The second-order valence-corrected chi connectivity index (χ2v) is 9.62. The molecule has 7 heteroatoms. The smallest absolute Gasteiger partial charge is 0.243 e. The Hall–Kier alpha value is -1.11. The summed E-state index contributed by atoms with van der Waals surface area (Å²) in [6.07, 6.45) is 2.12. The van der Waals surface area contributed by atoms with Gasteiger partial charge in [-0.05, 0) is 35.4 Å². The van der Waals surface area contributed by atoms with Crippen molar-refractivity contribution in [2.75, 3.05) is 23.5 Å². The molecule has 0 saturated carbocycles. The number of amides is 1. The Morgan fingerprint density at radius 1 is 1.33 bits per heavy atom. The molecule has 1 unspecified atom stereocenters. The monoisotopic (exact) mass is 374 g/mol. The van der Waals surface area contributed by atoms with Crippen LogP contribution in [-0.2, 0) is 26.5 Å². The zero-order valence-corrected chi connectivity index (χ0v) is 16.3. The molecule has 1 aliphatic rings. The van der Waals surface area contributed by atoms with Gasteiger partial charge in [0.05, 0.1) is 11.8 Å². The molecular formula is C17H27ClN2O3S. The second-order valence-electron chi connectivity index (χ2n) is 7.36. The quantitative estimate of drug-likeness (QED) is 0.874. The van der Waals surface area contributed by atoms with E-state index < -0.39 is 15.9 Å². The minimum atomic E-state index is -3.11. The number of hydrogen-bond donors (Lipinski definition) is 1. The third-order valence-electron chi connectivity index (χ3n) is 4.22. The minimum Gasteiger partial charge on any atom is -0.320 e. The van der Waals surface area contributed by atoms with Crippen molar-refractivity contribution >= 4 is 33.8 Å². The number of carbonyl (C=O) groups excluding carboxylic acids is 1. The van der Waals surface area contributed by atoms with Crippen molar-refractivity contribution in [2.45, 2.75) is 45.1 Å². The summed E-state index contributed by atoms with van der Waals surface area (Å²) in [5.41, 5.74) is 9.27. The van der Waals surface area contributed by atoms with E-state index in [4.69, 9.17) is 5.73 Å². The molecule has 0 aromatic heterocycles. The van der Waals surface area contributed by atoms with E-state index in [0.29, 0.717) is 6.54 Å². The van der Waals surface area contributed by atoms with Crippen LogP contribution < -0.4 is 10.6 Å². The lowest BCUT2D eigenvalue weighted by molar-refractivity contribution is -0.119. The highest BCUT2D eigenvalue weighted by Gasteiger charge is 2.29. The average Bonchev–Trinajstić information content (AvgIpc) is 2.85. The fourth-order valence-corrected chi connectivity index (χ4v) is 3.44. The molecular weight excluding hydrogens is 348 g/mol. The SMILES string of the molecule is CC(C)(C)c1ccc2c(c1)CCN2C(=O)C(N)CCS(C)(=O)=O.Cl. The maximum Gasteiger partial charge on any atom is 0.243 e. The molecule has 1 atom stereocenters. The van der Waals surface area contributed by atoms with Gasteiger partial charge in [0.1, 0.15) is 9.84 Å². The first-order chi connectivity index (χ1) is 10.5. The summed E-state index contributed by atoms with van der Waals surface area (Å²) in [7, 11) is -3.11. The Kier molecular flexibility index (Phi) is 6.47. The van der Waals surface area contributed by atoms with Gasteiger partial charge in [0, 0.05) is 18.5 Å². The van der Waals surface area contributed by atoms with Crippen molar-refractivity contribution in [2.24, 2.45) is 5.73 Å². The summed E-state index contributed by atoms with van der Waals surface area (Å²) in [4.78, 5) is 14.2. The molecule has 0 spiro atoms. The number of nitrogens with two attached hydrogens (primary N) is 1. The van der Waals surface area contributed by atoms with Crippen molar-refractivity contribution in [3.8, 4) is 0 Å². The van der Waals surface area contributed by atoms with Crippen LogP contribution in [0.5, 0.6) is 0 Å². The van der Waals surface area contributed by atoms with Crippen LogP contribution in [0.3, 0.4) is 0 Å². The molecule has 1 aliphatic heterocycles. The zero-order valence-electron chi connectivity index (χ0n) is 14.7. The number of halogens is 1. The minimum absolute atomic E-state index is 0. The fraction of sp³-hybridized carbons (Fsp3) is 0.588. The van der Waals surface area contributed by atoms with Gasteiger partial charge in [0.2, 0.25) is 5.91 Å². The van der Waals surface area contributed by atoms with E-state index in [9.17, 15) is 13.2 Å². The Balaban J connectivity index is 0.00000288. The van der Waals surface area contributed by atoms with Gasteiger partial charge in [-0.3, -0.25) is 4.79 Å². The Morgan fingerprint density at radius 3 is 2.50 bits per heavy atom. The molecule has 136 valence electrons. The van der Waals surface area contributed by atoms with Crippen molar-refractivity contribution in [3.05, 3.63) is 29.3 Å². The van der Waals surface area contributed by atoms with Crippen LogP contribution in [0.4, 0.5) is 5.69 Å². The third kappa shape index (κ3) is 4.94. The van der Waals surface area contributed by atoms with Crippen molar-refractivity contribution < 1.29 is 13.2 Å². The van der Waals surface area contributed by atoms with Gasteiger partial charge in [-0.25, -0.2) is 8.42 Å². The lowest BCUT2D eigenvalue weighted by atomic mass is 9.86. The maximum absolute atomic E-state index is 12.5. The van der Waals surface area contributed by atoms with Crippen LogP contribution in [0.25, 0.3) is 0 Å². The molecule has 0 bridgehead atoms. The fourth-order valence-electron chi connectivity index (χ4n) is 2.76. The summed E-state index contributed by atoms with van der Waals surface area (Å²) in [5, 5.41) is 0. The zero-order chi connectivity index (χ0) is 17.4. The molecule has 24 heavy (non-hydrogen) atoms. The van der Waals surface area contributed by atoms with Crippen LogP contribution in [-0.4, -0.2) is 38.9 Å². The largest absolute Gasteiger partial charge is 0.320 e. The highest BCUT2D eigenvalue weighted by Crippen LogP contribution is 2.33. The molecule has 2 rings (SSSR count). The van der Waals surface area contributed by atoms with Crippen molar-refractivity contribution in [1.82, 2.24) is 0 Å². The molecule has 1 aromatic carbocycles. The van der Waals surface area contributed by atoms with Crippen LogP contribution in [0.2, 0.25) is 0 Å². The highest BCUT2D eigenvalue weighted by molar-refractivity contribution is 7.90. The van der Waals surface area contributed by atoms with Gasteiger partial charge in [0.25, 0.3) is 0 Å². The van der Waals surface area contributed by atoms with Crippen LogP contribution >= 0.6 is 12.4 Å².